The molecule has 1 aromatic carbocycles. The summed E-state index contributed by atoms with van der Waals surface area (Å²) < 4.78 is 5.49. The Labute approximate surface area is 131 Å². The largest absolute Gasteiger partial charge is 0.496 e. The minimum atomic E-state index is 0.122. The minimum Gasteiger partial charge on any atom is -0.496 e. The number of benzene rings is 1. The maximum absolute atomic E-state index is 6.06. The standard InChI is InChI=1S/C17H21ClN2O/c1-4-19-17(12(2)15-7-5-6-10-20-15)14-9-8-13(18)11-16(14)21-3/h5-12,17,19H,4H2,1-3H3. The maximum Gasteiger partial charge on any atom is 0.125 e. The lowest BCUT2D eigenvalue weighted by Crippen LogP contribution is -2.26. The van der Waals surface area contributed by atoms with Gasteiger partial charge in [0.25, 0.3) is 0 Å². The van der Waals surface area contributed by atoms with Crippen molar-refractivity contribution in [1.82, 2.24) is 10.3 Å². The minimum absolute atomic E-state index is 0.122. The summed E-state index contributed by atoms with van der Waals surface area (Å²) in [4.78, 5) is 4.47. The molecule has 21 heavy (non-hydrogen) atoms. The maximum atomic E-state index is 6.06. The number of pyridine rings is 1. The van der Waals surface area contributed by atoms with Gasteiger partial charge in [0.15, 0.2) is 0 Å². The molecule has 3 nitrogen and oxygen atoms in total. The zero-order valence-corrected chi connectivity index (χ0v) is 13.4. The van der Waals surface area contributed by atoms with Crippen molar-refractivity contribution in [2.45, 2.75) is 25.8 Å². The van der Waals surface area contributed by atoms with E-state index >= 15 is 0 Å². The van der Waals surface area contributed by atoms with E-state index in [1.165, 1.54) is 0 Å². The fraction of sp³-hybridized carbons (Fsp3) is 0.353. The fourth-order valence-electron chi connectivity index (χ4n) is 2.53. The highest BCUT2D eigenvalue weighted by molar-refractivity contribution is 6.30. The van der Waals surface area contributed by atoms with E-state index in [1.807, 2.05) is 36.5 Å². The van der Waals surface area contributed by atoms with Crippen LogP contribution in [0.4, 0.5) is 0 Å². The highest BCUT2D eigenvalue weighted by atomic mass is 35.5. The van der Waals surface area contributed by atoms with E-state index in [0.29, 0.717) is 5.02 Å². The lowest BCUT2D eigenvalue weighted by molar-refractivity contribution is 0.389. The van der Waals surface area contributed by atoms with Crippen LogP contribution in [0.15, 0.2) is 42.6 Å². The van der Waals surface area contributed by atoms with Crippen LogP contribution in [0.2, 0.25) is 5.02 Å². The van der Waals surface area contributed by atoms with Gasteiger partial charge >= 0.3 is 0 Å². The van der Waals surface area contributed by atoms with Gasteiger partial charge in [0, 0.05) is 34.4 Å². The van der Waals surface area contributed by atoms with Crippen molar-refractivity contribution in [2.75, 3.05) is 13.7 Å². The second-order valence-electron chi connectivity index (χ2n) is 4.96. The van der Waals surface area contributed by atoms with Gasteiger partial charge in [-0.15, -0.1) is 0 Å². The van der Waals surface area contributed by atoms with Gasteiger partial charge in [-0.05, 0) is 30.8 Å². The van der Waals surface area contributed by atoms with Gasteiger partial charge < -0.3 is 10.1 Å². The first-order chi connectivity index (χ1) is 10.2. The molecule has 112 valence electrons. The summed E-state index contributed by atoms with van der Waals surface area (Å²) in [5.74, 6) is 1.03. The molecule has 0 amide bonds. The number of aromatic nitrogens is 1. The third-order valence-electron chi connectivity index (χ3n) is 3.61. The Kier molecular flexibility index (Phi) is 5.59. The molecule has 2 unspecified atom stereocenters. The number of likely N-dealkylation sites (N-methyl/N-ethyl adjacent to an activating group) is 1. The molecule has 0 saturated heterocycles. The van der Waals surface area contributed by atoms with E-state index in [-0.39, 0.29) is 12.0 Å². The van der Waals surface area contributed by atoms with Crippen LogP contribution < -0.4 is 10.1 Å². The molecule has 4 heteroatoms. The van der Waals surface area contributed by atoms with E-state index in [2.05, 4.69) is 30.2 Å². The van der Waals surface area contributed by atoms with Crippen LogP contribution in [0.1, 0.15) is 37.1 Å². The molecule has 0 fully saturated rings. The Morgan fingerprint density at radius 3 is 2.71 bits per heavy atom. The summed E-state index contributed by atoms with van der Waals surface area (Å²) in [6.45, 7) is 5.14. The quantitative estimate of drug-likeness (QED) is 0.868. The summed E-state index contributed by atoms with van der Waals surface area (Å²) in [6.07, 6.45) is 1.83. The van der Waals surface area contributed by atoms with Crippen LogP contribution in [0.25, 0.3) is 0 Å². The number of hydrogen-bond donors (Lipinski definition) is 1. The molecular weight excluding hydrogens is 284 g/mol. The van der Waals surface area contributed by atoms with Gasteiger partial charge in [0.2, 0.25) is 0 Å². The molecule has 0 radical (unpaired) electrons. The van der Waals surface area contributed by atoms with E-state index < -0.39 is 0 Å². The first kappa shape index (κ1) is 15.8. The van der Waals surface area contributed by atoms with E-state index in [9.17, 15) is 0 Å². The van der Waals surface area contributed by atoms with Gasteiger partial charge in [0.1, 0.15) is 5.75 Å². The number of methoxy groups -OCH3 is 1. The SMILES string of the molecule is CCNC(c1ccc(Cl)cc1OC)C(C)c1ccccn1. The molecule has 0 aliphatic rings. The number of ether oxygens (including phenoxy) is 1. The molecule has 0 aliphatic heterocycles. The highest BCUT2D eigenvalue weighted by Crippen LogP contribution is 2.36. The zero-order valence-electron chi connectivity index (χ0n) is 12.6. The molecular formula is C17H21ClN2O. The predicted molar refractivity (Wildman–Crippen MR) is 87.1 cm³/mol. The molecule has 1 heterocycles. The topological polar surface area (TPSA) is 34.1 Å². The number of halogens is 1. The zero-order chi connectivity index (χ0) is 15.2. The third kappa shape index (κ3) is 3.74. The summed E-state index contributed by atoms with van der Waals surface area (Å²) in [5, 5.41) is 4.21. The van der Waals surface area contributed by atoms with Crippen LogP contribution in [-0.4, -0.2) is 18.6 Å². The fourth-order valence-corrected chi connectivity index (χ4v) is 2.70. The number of nitrogens with zero attached hydrogens (tertiary/aromatic N) is 1. The molecule has 0 bridgehead atoms. The van der Waals surface area contributed by atoms with Crippen LogP contribution in [0, 0.1) is 0 Å². The summed E-state index contributed by atoms with van der Waals surface area (Å²) in [5.41, 5.74) is 2.15. The number of nitrogens with one attached hydrogen (secondary N) is 1. The Balaban J connectivity index is 2.39. The molecule has 1 N–H and O–H groups in total. The average molecular weight is 305 g/mol. The van der Waals surface area contributed by atoms with Crippen LogP contribution in [0.5, 0.6) is 5.75 Å². The molecule has 2 rings (SSSR count). The number of rotatable bonds is 6. The van der Waals surface area contributed by atoms with Crippen LogP contribution in [-0.2, 0) is 0 Å². The van der Waals surface area contributed by atoms with E-state index in [4.69, 9.17) is 16.3 Å². The highest BCUT2D eigenvalue weighted by Gasteiger charge is 2.24. The Hall–Kier alpha value is -1.58. The predicted octanol–water partition coefficient (Wildman–Crippen LogP) is 4.20. The van der Waals surface area contributed by atoms with Crippen molar-refractivity contribution in [2.24, 2.45) is 0 Å². The molecule has 0 spiro atoms. The van der Waals surface area contributed by atoms with E-state index in [0.717, 1.165) is 23.6 Å². The Morgan fingerprint density at radius 2 is 2.10 bits per heavy atom. The number of hydrogen-bond acceptors (Lipinski definition) is 3. The first-order valence-corrected chi connectivity index (χ1v) is 7.53. The molecule has 2 atom stereocenters. The smallest absolute Gasteiger partial charge is 0.125 e. The molecule has 2 aromatic rings. The van der Waals surface area contributed by atoms with Gasteiger partial charge in [0.05, 0.1) is 7.11 Å². The van der Waals surface area contributed by atoms with Gasteiger partial charge in [-0.1, -0.05) is 37.6 Å². The Morgan fingerprint density at radius 1 is 1.29 bits per heavy atom. The van der Waals surface area contributed by atoms with Gasteiger partial charge in [-0.3, -0.25) is 4.98 Å². The van der Waals surface area contributed by atoms with Crippen molar-refractivity contribution < 1.29 is 4.74 Å². The van der Waals surface area contributed by atoms with Gasteiger partial charge in [-0.2, -0.15) is 0 Å². The lowest BCUT2D eigenvalue weighted by Gasteiger charge is -2.26. The second-order valence-corrected chi connectivity index (χ2v) is 5.40. The lowest BCUT2D eigenvalue weighted by atomic mass is 9.90. The van der Waals surface area contributed by atoms with Gasteiger partial charge in [-0.25, -0.2) is 0 Å². The molecule has 0 saturated carbocycles. The summed E-state index contributed by atoms with van der Waals surface area (Å²) >= 11 is 6.06. The van der Waals surface area contributed by atoms with Crippen molar-refractivity contribution in [3.63, 3.8) is 0 Å². The van der Waals surface area contributed by atoms with Crippen molar-refractivity contribution >= 4 is 11.6 Å². The monoisotopic (exact) mass is 304 g/mol. The summed E-state index contributed by atoms with van der Waals surface area (Å²) in [6, 6.07) is 11.9. The van der Waals surface area contributed by atoms with Crippen molar-refractivity contribution in [3.05, 3.63) is 58.9 Å². The third-order valence-corrected chi connectivity index (χ3v) is 3.84. The molecule has 0 aliphatic carbocycles. The van der Waals surface area contributed by atoms with E-state index in [1.54, 1.807) is 7.11 Å². The van der Waals surface area contributed by atoms with Crippen LogP contribution in [0.3, 0.4) is 0 Å². The molecule has 1 aromatic heterocycles. The second kappa shape index (κ2) is 7.43. The van der Waals surface area contributed by atoms with Crippen molar-refractivity contribution in [3.8, 4) is 5.75 Å². The van der Waals surface area contributed by atoms with Crippen LogP contribution >= 0.6 is 11.6 Å². The normalized spacial score (nSPS) is 13.7. The Bertz CT molecular complexity index is 574. The first-order valence-electron chi connectivity index (χ1n) is 7.15. The van der Waals surface area contributed by atoms with Crippen molar-refractivity contribution in [1.29, 1.82) is 0 Å². The summed E-state index contributed by atoms with van der Waals surface area (Å²) in [7, 11) is 1.67. The average Bonchev–Trinajstić information content (AvgIpc) is 2.53.